The van der Waals surface area contributed by atoms with Crippen molar-refractivity contribution in [2.24, 2.45) is 0 Å². The summed E-state index contributed by atoms with van der Waals surface area (Å²) in [6, 6.07) is 24.4. The number of carbonyl (C=O) groups excluding carboxylic acids is 3. The molecule has 6 nitrogen and oxygen atoms in total. The summed E-state index contributed by atoms with van der Waals surface area (Å²) >= 11 is 0. The maximum atomic E-state index is 12.9. The van der Waals surface area contributed by atoms with E-state index in [9.17, 15) is 14.4 Å². The molecule has 0 heterocycles. The molecule has 6 heteroatoms. The highest BCUT2D eigenvalue weighted by Crippen LogP contribution is 2.24. The number of carbonyl (C=O) groups is 3. The van der Waals surface area contributed by atoms with Crippen LogP contribution in [0.3, 0.4) is 0 Å². The minimum Gasteiger partial charge on any atom is -0.326 e. The molecule has 3 rings (SSSR count). The van der Waals surface area contributed by atoms with Crippen LogP contribution in [0.15, 0.2) is 78.9 Å². The quantitative estimate of drug-likeness (QED) is 0.496. The first kappa shape index (κ1) is 22.7. The molecular formula is C26H27N3O3. The van der Waals surface area contributed by atoms with E-state index in [1.165, 1.54) is 0 Å². The van der Waals surface area contributed by atoms with Gasteiger partial charge in [0.15, 0.2) is 0 Å². The van der Waals surface area contributed by atoms with Crippen molar-refractivity contribution in [2.45, 2.75) is 32.6 Å². The number of hydrogen-bond acceptors (Lipinski definition) is 3. The van der Waals surface area contributed by atoms with E-state index in [2.05, 4.69) is 16.2 Å². The monoisotopic (exact) mass is 429 g/mol. The van der Waals surface area contributed by atoms with Gasteiger partial charge in [-0.15, -0.1) is 0 Å². The van der Waals surface area contributed by atoms with E-state index in [-0.39, 0.29) is 24.7 Å². The van der Waals surface area contributed by atoms with Gasteiger partial charge in [-0.2, -0.15) is 0 Å². The molecule has 164 valence electrons. The molecule has 0 aliphatic carbocycles. The van der Waals surface area contributed by atoms with Crippen LogP contribution in [0.1, 0.15) is 41.0 Å². The average molecular weight is 430 g/mol. The summed E-state index contributed by atoms with van der Waals surface area (Å²) < 4.78 is 0. The molecule has 0 aliphatic rings. The van der Waals surface area contributed by atoms with E-state index in [1.807, 2.05) is 92.7 Å². The van der Waals surface area contributed by atoms with Crippen LogP contribution in [0.25, 0.3) is 0 Å². The van der Waals surface area contributed by atoms with Crippen LogP contribution in [0.2, 0.25) is 0 Å². The fourth-order valence-corrected chi connectivity index (χ4v) is 3.32. The molecule has 3 N–H and O–H groups in total. The normalized spacial score (nSPS) is 10.5. The number of nitrogens with one attached hydrogen (secondary N) is 3. The van der Waals surface area contributed by atoms with Crippen LogP contribution in [0.5, 0.6) is 0 Å². The van der Waals surface area contributed by atoms with E-state index in [0.29, 0.717) is 5.69 Å². The van der Waals surface area contributed by atoms with Crippen LogP contribution in [0, 0.1) is 13.8 Å². The molecule has 0 spiro atoms. The Balaban J connectivity index is 1.53. The number of hydrogen-bond donors (Lipinski definition) is 3. The lowest BCUT2D eigenvalue weighted by Crippen LogP contribution is -2.44. The Hall–Kier alpha value is -3.93. The molecule has 0 fully saturated rings. The highest BCUT2D eigenvalue weighted by Gasteiger charge is 2.23. The summed E-state index contributed by atoms with van der Waals surface area (Å²) in [5, 5.41) is 2.79. The Morgan fingerprint density at radius 3 is 1.81 bits per heavy atom. The molecule has 0 atom stereocenters. The zero-order chi connectivity index (χ0) is 22.9. The predicted octanol–water partition coefficient (Wildman–Crippen LogP) is 4.00. The van der Waals surface area contributed by atoms with Gasteiger partial charge in [-0.3, -0.25) is 25.2 Å². The molecule has 0 saturated heterocycles. The van der Waals surface area contributed by atoms with E-state index >= 15 is 0 Å². The molecule has 3 aromatic rings. The smallest absolute Gasteiger partial charge is 0.250 e. The van der Waals surface area contributed by atoms with Crippen molar-refractivity contribution < 1.29 is 14.4 Å². The Labute approximate surface area is 188 Å². The van der Waals surface area contributed by atoms with Gasteiger partial charge < -0.3 is 5.32 Å². The minimum atomic E-state index is -0.564. The van der Waals surface area contributed by atoms with Crippen LogP contribution in [-0.2, 0) is 14.4 Å². The molecule has 0 aliphatic heterocycles. The Bertz CT molecular complexity index is 1040. The van der Waals surface area contributed by atoms with Crippen molar-refractivity contribution in [3.8, 4) is 0 Å². The lowest BCUT2D eigenvalue weighted by molar-refractivity contribution is -0.130. The van der Waals surface area contributed by atoms with E-state index < -0.39 is 11.8 Å². The van der Waals surface area contributed by atoms with Crippen molar-refractivity contribution >= 4 is 23.4 Å². The van der Waals surface area contributed by atoms with Gasteiger partial charge in [-0.25, -0.2) is 0 Å². The third-order valence-corrected chi connectivity index (χ3v) is 5.22. The lowest BCUT2D eigenvalue weighted by atomic mass is 9.91. The van der Waals surface area contributed by atoms with Gasteiger partial charge in [0.2, 0.25) is 17.7 Å². The molecule has 0 radical (unpaired) electrons. The standard InChI is InChI=1S/C26H27N3O3/c1-18-13-14-22(17-19(18)2)27-23(30)15-16-24(31)28-29-26(32)25(20-9-5-3-6-10-20)21-11-7-4-8-12-21/h3-14,17,25H,15-16H2,1-2H3,(H,27,30)(H,28,31)(H,29,32). The molecular weight excluding hydrogens is 402 g/mol. The topological polar surface area (TPSA) is 87.3 Å². The second-order valence-electron chi connectivity index (χ2n) is 7.64. The fraction of sp³-hybridized carbons (Fsp3) is 0.192. The largest absolute Gasteiger partial charge is 0.326 e. The van der Waals surface area contributed by atoms with Crippen molar-refractivity contribution in [1.82, 2.24) is 10.9 Å². The zero-order valence-electron chi connectivity index (χ0n) is 18.2. The van der Waals surface area contributed by atoms with Gasteiger partial charge in [0.05, 0.1) is 5.92 Å². The van der Waals surface area contributed by atoms with Crippen molar-refractivity contribution in [3.63, 3.8) is 0 Å². The van der Waals surface area contributed by atoms with Gasteiger partial charge in [0, 0.05) is 18.5 Å². The first-order valence-corrected chi connectivity index (χ1v) is 10.5. The molecule has 32 heavy (non-hydrogen) atoms. The Morgan fingerprint density at radius 2 is 1.25 bits per heavy atom. The summed E-state index contributed by atoms with van der Waals surface area (Å²) in [7, 11) is 0. The molecule has 0 aromatic heterocycles. The Morgan fingerprint density at radius 1 is 0.688 bits per heavy atom. The van der Waals surface area contributed by atoms with Crippen molar-refractivity contribution in [3.05, 3.63) is 101 Å². The number of benzene rings is 3. The fourth-order valence-electron chi connectivity index (χ4n) is 3.32. The van der Waals surface area contributed by atoms with Gasteiger partial charge in [-0.1, -0.05) is 66.7 Å². The van der Waals surface area contributed by atoms with Gasteiger partial charge >= 0.3 is 0 Å². The van der Waals surface area contributed by atoms with Crippen LogP contribution in [-0.4, -0.2) is 17.7 Å². The first-order chi connectivity index (χ1) is 15.4. The lowest BCUT2D eigenvalue weighted by Gasteiger charge is -2.18. The molecule has 0 bridgehead atoms. The second kappa shape index (κ2) is 10.9. The highest BCUT2D eigenvalue weighted by atomic mass is 16.2. The van der Waals surface area contributed by atoms with Crippen molar-refractivity contribution in [1.29, 1.82) is 0 Å². The van der Waals surface area contributed by atoms with E-state index in [1.54, 1.807) is 0 Å². The molecule has 3 amide bonds. The van der Waals surface area contributed by atoms with Gasteiger partial charge in [0.1, 0.15) is 0 Å². The first-order valence-electron chi connectivity index (χ1n) is 10.5. The summed E-state index contributed by atoms with van der Waals surface area (Å²) in [6.45, 7) is 3.97. The van der Waals surface area contributed by atoms with Crippen LogP contribution in [0.4, 0.5) is 5.69 Å². The summed E-state index contributed by atoms with van der Waals surface area (Å²) in [5.41, 5.74) is 9.47. The summed E-state index contributed by atoms with van der Waals surface area (Å²) in [6.07, 6.45) is -0.0340. The highest BCUT2D eigenvalue weighted by molar-refractivity contribution is 5.94. The number of amides is 3. The predicted molar refractivity (Wildman–Crippen MR) is 125 cm³/mol. The van der Waals surface area contributed by atoms with Gasteiger partial charge in [-0.05, 0) is 48.2 Å². The third kappa shape index (κ3) is 6.28. The maximum Gasteiger partial charge on any atom is 0.250 e. The molecule has 0 saturated carbocycles. The van der Waals surface area contributed by atoms with Gasteiger partial charge in [0.25, 0.3) is 0 Å². The second-order valence-corrected chi connectivity index (χ2v) is 7.64. The Kier molecular flexibility index (Phi) is 7.75. The minimum absolute atomic E-state index is 0.00935. The SMILES string of the molecule is Cc1ccc(NC(=O)CCC(=O)NNC(=O)C(c2ccccc2)c2ccccc2)cc1C. The maximum absolute atomic E-state index is 12.9. The third-order valence-electron chi connectivity index (χ3n) is 5.22. The number of rotatable bonds is 7. The number of anilines is 1. The zero-order valence-corrected chi connectivity index (χ0v) is 18.2. The molecule has 0 unspecified atom stereocenters. The van der Waals surface area contributed by atoms with Crippen LogP contribution >= 0.6 is 0 Å². The van der Waals surface area contributed by atoms with E-state index in [4.69, 9.17) is 0 Å². The number of hydrazine groups is 1. The van der Waals surface area contributed by atoms with Crippen molar-refractivity contribution in [2.75, 3.05) is 5.32 Å². The molecule has 3 aromatic carbocycles. The average Bonchev–Trinajstić information content (AvgIpc) is 2.80. The summed E-state index contributed by atoms with van der Waals surface area (Å²) in [4.78, 5) is 37.2. The summed E-state index contributed by atoms with van der Waals surface area (Å²) in [5.74, 6) is -1.62. The van der Waals surface area contributed by atoms with E-state index in [0.717, 1.165) is 22.3 Å². The van der Waals surface area contributed by atoms with Crippen LogP contribution < -0.4 is 16.2 Å². The number of aryl methyl sites for hydroxylation is 2.